The molecule has 3 heterocycles. The van der Waals surface area contributed by atoms with Crippen LogP contribution >= 0.6 is 0 Å². The zero-order chi connectivity index (χ0) is 15.1. The topological polar surface area (TPSA) is 149 Å². The molecule has 0 bridgehead atoms. The highest BCUT2D eigenvalue weighted by atomic mass is 16.6. The van der Waals surface area contributed by atoms with Crippen LogP contribution in [0.2, 0.25) is 0 Å². The second kappa shape index (κ2) is 5.07. The van der Waals surface area contributed by atoms with Gasteiger partial charge in [-0.2, -0.15) is 4.98 Å². The van der Waals surface area contributed by atoms with Gasteiger partial charge in [-0.15, -0.1) is 0 Å². The molecule has 4 atom stereocenters. The maximum atomic E-state index is 11.8. The largest absolute Gasteiger partial charge is 0.394 e. The van der Waals surface area contributed by atoms with Crippen molar-refractivity contribution < 1.29 is 19.7 Å². The standard InChI is InChI=1S/C11H15N5O5/c1-20-7-6(18)4(2-17)21-10(7)16-3-13-5-8(16)14-11(12)15-9(5)19/h3-4,6-7,10,17-18H,2H2,1H3,(H3,12,14,15,19)/t4-,6+,7-,10-/m0/s1. The second-order valence-corrected chi connectivity index (χ2v) is 4.71. The number of anilines is 1. The van der Waals surface area contributed by atoms with Crippen molar-refractivity contribution in [3.8, 4) is 0 Å². The van der Waals surface area contributed by atoms with Gasteiger partial charge in [0.1, 0.15) is 18.3 Å². The first kappa shape index (κ1) is 13.9. The summed E-state index contributed by atoms with van der Waals surface area (Å²) < 4.78 is 12.2. The SMILES string of the molecule is CO[C@H]1[C@H](O)[C@H](CO)O[C@@H]1n1cnc2c(=O)[nH]c(N)nc21. The quantitative estimate of drug-likeness (QED) is 0.506. The number of imidazole rings is 1. The van der Waals surface area contributed by atoms with E-state index in [-0.39, 0.29) is 23.7 Å². The average molecular weight is 297 g/mol. The fourth-order valence-electron chi connectivity index (χ4n) is 2.48. The van der Waals surface area contributed by atoms with Gasteiger partial charge >= 0.3 is 0 Å². The van der Waals surface area contributed by atoms with Gasteiger partial charge in [0, 0.05) is 7.11 Å². The molecule has 2 aromatic rings. The number of aliphatic hydroxyl groups is 2. The maximum absolute atomic E-state index is 11.8. The summed E-state index contributed by atoms with van der Waals surface area (Å²) in [5, 5.41) is 19.3. The van der Waals surface area contributed by atoms with Crippen molar-refractivity contribution in [3.63, 3.8) is 0 Å². The van der Waals surface area contributed by atoms with Gasteiger partial charge in [0.25, 0.3) is 5.56 Å². The van der Waals surface area contributed by atoms with Gasteiger partial charge in [-0.05, 0) is 0 Å². The molecule has 1 saturated heterocycles. The number of nitrogens with zero attached hydrogens (tertiary/aromatic N) is 3. The Kier molecular flexibility index (Phi) is 3.37. The molecule has 0 spiro atoms. The molecule has 10 heteroatoms. The third kappa shape index (κ3) is 2.08. The molecular weight excluding hydrogens is 282 g/mol. The lowest BCUT2D eigenvalue weighted by Crippen LogP contribution is -2.34. The fraction of sp³-hybridized carbons (Fsp3) is 0.545. The van der Waals surface area contributed by atoms with Crippen LogP contribution in [0.5, 0.6) is 0 Å². The van der Waals surface area contributed by atoms with Crippen LogP contribution in [0.3, 0.4) is 0 Å². The summed E-state index contributed by atoms with van der Waals surface area (Å²) in [6.07, 6.45) is -1.96. The minimum absolute atomic E-state index is 0.0551. The predicted octanol–water partition coefficient (Wildman–Crippen LogP) is -2.03. The Balaban J connectivity index is 2.10. The van der Waals surface area contributed by atoms with E-state index in [0.29, 0.717) is 0 Å². The summed E-state index contributed by atoms with van der Waals surface area (Å²) in [6, 6.07) is 0. The van der Waals surface area contributed by atoms with Gasteiger partial charge in [0.15, 0.2) is 17.4 Å². The summed E-state index contributed by atoms with van der Waals surface area (Å²) in [7, 11) is 1.41. The molecule has 0 radical (unpaired) electrons. The number of fused-ring (bicyclic) bond motifs is 1. The first-order valence-electron chi connectivity index (χ1n) is 6.26. The number of nitrogens with one attached hydrogen (secondary N) is 1. The van der Waals surface area contributed by atoms with Crippen LogP contribution in [-0.2, 0) is 9.47 Å². The van der Waals surface area contributed by atoms with E-state index in [9.17, 15) is 15.0 Å². The molecule has 21 heavy (non-hydrogen) atoms. The first-order chi connectivity index (χ1) is 10.1. The summed E-state index contributed by atoms with van der Waals surface area (Å²) in [5.41, 5.74) is 5.38. The molecule has 0 aromatic carbocycles. The van der Waals surface area contributed by atoms with Gasteiger partial charge in [-0.3, -0.25) is 14.3 Å². The molecule has 3 rings (SSSR count). The number of hydrogen-bond acceptors (Lipinski definition) is 8. The number of aliphatic hydroxyl groups excluding tert-OH is 2. The van der Waals surface area contributed by atoms with E-state index in [1.807, 2.05) is 0 Å². The summed E-state index contributed by atoms with van der Waals surface area (Å²) in [6.45, 7) is -0.361. The lowest BCUT2D eigenvalue weighted by atomic mass is 10.1. The molecule has 1 fully saturated rings. The van der Waals surface area contributed by atoms with E-state index in [0.717, 1.165) is 0 Å². The van der Waals surface area contributed by atoms with Crippen LogP contribution < -0.4 is 11.3 Å². The summed E-state index contributed by atoms with van der Waals surface area (Å²) >= 11 is 0. The molecule has 0 aliphatic carbocycles. The molecule has 0 amide bonds. The molecule has 0 unspecified atom stereocenters. The number of aromatic amines is 1. The van der Waals surface area contributed by atoms with Crippen molar-refractivity contribution in [1.29, 1.82) is 0 Å². The Bertz CT molecular complexity index is 713. The zero-order valence-electron chi connectivity index (χ0n) is 11.1. The van der Waals surface area contributed by atoms with E-state index in [2.05, 4.69) is 15.0 Å². The number of H-pyrrole nitrogens is 1. The van der Waals surface area contributed by atoms with E-state index in [1.165, 1.54) is 18.0 Å². The van der Waals surface area contributed by atoms with Crippen LogP contribution in [0.4, 0.5) is 5.95 Å². The van der Waals surface area contributed by atoms with E-state index in [1.54, 1.807) is 0 Å². The fourth-order valence-corrected chi connectivity index (χ4v) is 2.48. The molecule has 114 valence electrons. The Morgan fingerprint density at radius 2 is 2.38 bits per heavy atom. The van der Waals surface area contributed by atoms with E-state index in [4.69, 9.17) is 15.2 Å². The molecule has 1 aliphatic rings. The zero-order valence-corrected chi connectivity index (χ0v) is 11.1. The Morgan fingerprint density at radius 3 is 3.05 bits per heavy atom. The number of aromatic nitrogens is 4. The number of nitrogens with two attached hydrogens (primary N) is 1. The van der Waals surface area contributed by atoms with Gasteiger partial charge < -0.3 is 25.4 Å². The molecule has 5 N–H and O–H groups in total. The lowest BCUT2D eigenvalue weighted by molar-refractivity contribution is -0.0583. The van der Waals surface area contributed by atoms with Gasteiger partial charge in [-0.25, -0.2) is 4.98 Å². The Labute approximate surface area is 118 Å². The van der Waals surface area contributed by atoms with Crippen molar-refractivity contribution in [1.82, 2.24) is 19.5 Å². The number of rotatable bonds is 3. The number of nitrogen functional groups attached to an aromatic ring is 1. The smallest absolute Gasteiger partial charge is 0.280 e. The molecule has 2 aromatic heterocycles. The van der Waals surface area contributed by atoms with Crippen LogP contribution in [0.1, 0.15) is 6.23 Å². The number of ether oxygens (including phenoxy) is 2. The van der Waals surface area contributed by atoms with Crippen molar-refractivity contribution in [2.24, 2.45) is 0 Å². The highest BCUT2D eigenvalue weighted by Crippen LogP contribution is 2.32. The minimum Gasteiger partial charge on any atom is -0.394 e. The van der Waals surface area contributed by atoms with Crippen LogP contribution in [0.15, 0.2) is 11.1 Å². The minimum atomic E-state index is -1.01. The normalized spacial score (nSPS) is 29.3. The van der Waals surface area contributed by atoms with Crippen LogP contribution in [0.25, 0.3) is 11.2 Å². The van der Waals surface area contributed by atoms with Gasteiger partial charge in [0.05, 0.1) is 12.9 Å². The lowest BCUT2D eigenvalue weighted by Gasteiger charge is -2.19. The van der Waals surface area contributed by atoms with Crippen molar-refractivity contribution in [2.75, 3.05) is 19.5 Å². The van der Waals surface area contributed by atoms with Crippen molar-refractivity contribution in [2.45, 2.75) is 24.5 Å². The highest BCUT2D eigenvalue weighted by molar-refractivity contribution is 5.70. The average Bonchev–Trinajstić information content (AvgIpc) is 2.99. The van der Waals surface area contributed by atoms with E-state index >= 15 is 0 Å². The number of methoxy groups -OCH3 is 1. The summed E-state index contributed by atoms with van der Waals surface area (Å²) in [5.74, 6) is -0.0551. The number of hydrogen-bond donors (Lipinski definition) is 4. The maximum Gasteiger partial charge on any atom is 0.280 e. The van der Waals surface area contributed by atoms with Gasteiger partial charge in [-0.1, -0.05) is 0 Å². The molecule has 0 saturated carbocycles. The van der Waals surface area contributed by atoms with Crippen LogP contribution in [0, 0.1) is 0 Å². The third-order valence-electron chi connectivity index (χ3n) is 3.49. The molecule has 1 aliphatic heterocycles. The summed E-state index contributed by atoms with van der Waals surface area (Å²) in [4.78, 5) is 22.1. The van der Waals surface area contributed by atoms with Gasteiger partial charge in [0.2, 0.25) is 5.95 Å². The van der Waals surface area contributed by atoms with Crippen molar-refractivity contribution >= 4 is 17.1 Å². The monoisotopic (exact) mass is 297 g/mol. The van der Waals surface area contributed by atoms with E-state index < -0.39 is 30.1 Å². The van der Waals surface area contributed by atoms with Crippen LogP contribution in [-0.4, -0.2) is 61.8 Å². The third-order valence-corrected chi connectivity index (χ3v) is 3.49. The first-order valence-corrected chi connectivity index (χ1v) is 6.26. The van der Waals surface area contributed by atoms with Crippen molar-refractivity contribution in [3.05, 3.63) is 16.7 Å². The predicted molar refractivity (Wildman–Crippen MR) is 70.4 cm³/mol. The highest BCUT2D eigenvalue weighted by Gasteiger charge is 2.45. The molecule has 10 nitrogen and oxygen atoms in total. The Morgan fingerprint density at radius 1 is 1.62 bits per heavy atom. The Hall–Kier alpha value is -2.01. The molecular formula is C11H15N5O5. The second-order valence-electron chi connectivity index (χ2n) is 4.71.